The van der Waals surface area contributed by atoms with E-state index in [0.29, 0.717) is 11.4 Å². The number of carbonyl (C=O) groups is 1. The smallest absolute Gasteiger partial charge is 0.231 e. The lowest BCUT2D eigenvalue weighted by molar-refractivity contribution is -0.117. The fourth-order valence-electron chi connectivity index (χ4n) is 1.95. The summed E-state index contributed by atoms with van der Waals surface area (Å²) in [5.41, 5.74) is 8.12. The van der Waals surface area contributed by atoms with Crippen LogP contribution >= 0.6 is 28.1 Å². The van der Waals surface area contributed by atoms with E-state index in [1.54, 1.807) is 11.9 Å². The predicted octanol–water partition coefficient (Wildman–Crippen LogP) is 3.29. The Bertz CT molecular complexity index is 687. The number of hydrogen-bond donors (Lipinski definition) is 1. The first-order chi connectivity index (χ1) is 9.97. The van der Waals surface area contributed by atoms with E-state index in [1.165, 1.54) is 0 Å². The second-order valence-corrected chi connectivity index (χ2v) is 6.03. The minimum Gasteiger partial charge on any atom is -0.389 e. The van der Waals surface area contributed by atoms with Gasteiger partial charge in [0.15, 0.2) is 0 Å². The summed E-state index contributed by atoms with van der Waals surface area (Å²) in [4.78, 5) is 14.3. The Morgan fingerprint density at radius 3 is 2.62 bits per heavy atom. The lowest BCUT2D eigenvalue weighted by atomic mass is 10.1. The van der Waals surface area contributed by atoms with Crippen LogP contribution in [-0.2, 0) is 11.2 Å². The Hall–Kier alpha value is -1.72. The zero-order valence-electron chi connectivity index (χ0n) is 11.5. The maximum Gasteiger partial charge on any atom is 0.231 e. The van der Waals surface area contributed by atoms with Crippen LogP contribution in [-0.4, -0.2) is 17.9 Å². The van der Waals surface area contributed by atoms with Gasteiger partial charge >= 0.3 is 0 Å². The summed E-state index contributed by atoms with van der Waals surface area (Å²) in [5, 5.41) is 0. The number of benzene rings is 2. The van der Waals surface area contributed by atoms with E-state index in [9.17, 15) is 4.79 Å². The average molecular weight is 363 g/mol. The largest absolute Gasteiger partial charge is 0.389 e. The first-order valence-electron chi connectivity index (χ1n) is 6.38. The van der Waals surface area contributed by atoms with Gasteiger partial charge in [-0.25, -0.2) is 0 Å². The topological polar surface area (TPSA) is 46.3 Å². The molecule has 0 aliphatic heterocycles. The lowest BCUT2D eigenvalue weighted by Gasteiger charge is -2.18. The molecule has 108 valence electrons. The highest BCUT2D eigenvalue weighted by atomic mass is 79.9. The number of thiocarbonyl (C=S) groups is 1. The quantitative estimate of drug-likeness (QED) is 0.848. The van der Waals surface area contributed by atoms with Crippen molar-refractivity contribution in [1.29, 1.82) is 0 Å². The number of hydrogen-bond acceptors (Lipinski definition) is 2. The fraction of sp³-hybridized carbons (Fsp3) is 0.125. The molecule has 1 amide bonds. The van der Waals surface area contributed by atoms with Crippen molar-refractivity contribution in [3.8, 4) is 0 Å². The van der Waals surface area contributed by atoms with Gasteiger partial charge in [0.05, 0.1) is 6.42 Å². The van der Waals surface area contributed by atoms with E-state index >= 15 is 0 Å². The maximum absolute atomic E-state index is 12.4. The van der Waals surface area contributed by atoms with Gasteiger partial charge in [0.2, 0.25) is 5.91 Å². The van der Waals surface area contributed by atoms with Crippen molar-refractivity contribution >= 4 is 44.7 Å². The van der Waals surface area contributed by atoms with E-state index in [0.717, 1.165) is 21.3 Å². The molecule has 0 saturated heterocycles. The van der Waals surface area contributed by atoms with Gasteiger partial charge in [0.1, 0.15) is 4.99 Å². The maximum atomic E-state index is 12.4. The molecule has 0 spiro atoms. The highest BCUT2D eigenvalue weighted by Gasteiger charge is 2.12. The number of anilines is 1. The molecule has 0 aliphatic carbocycles. The summed E-state index contributed by atoms with van der Waals surface area (Å²) in [5.74, 6) is 0.00758. The molecule has 21 heavy (non-hydrogen) atoms. The van der Waals surface area contributed by atoms with Crippen molar-refractivity contribution in [3.63, 3.8) is 0 Å². The van der Waals surface area contributed by atoms with Crippen LogP contribution in [0.15, 0.2) is 53.0 Å². The number of halogens is 1. The fourth-order valence-corrected chi connectivity index (χ4v) is 2.53. The van der Waals surface area contributed by atoms with E-state index < -0.39 is 0 Å². The molecule has 0 heterocycles. The third-order valence-electron chi connectivity index (χ3n) is 3.14. The normalized spacial score (nSPS) is 10.2. The molecule has 0 saturated carbocycles. The van der Waals surface area contributed by atoms with Gasteiger partial charge in [-0.05, 0) is 29.8 Å². The number of likely N-dealkylation sites (N-methyl/N-ethyl adjacent to an activating group) is 1. The number of nitrogens with two attached hydrogens (primary N) is 1. The van der Waals surface area contributed by atoms with Crippen LogP contribution in [0.2, 0.25) is 0 Å². The van der Waals surface area contributed by atoms with E-state index in [4.69, 9.17) is 18.0 Å². The second-order valence-electron chi connectivity index (χ2n) is 4.67. The molecule has 2 aromatic carbocycles. The monoisotopic (exact) mass is 362 g/mol. The first-order valence-corrected chi connectivity index (χ1v) is 7.58. The molecule has 0 bridgehead atoms. The van der Waals surface area contributed by atoms with Crippen molar-refractivity contribution in [2.24, 2.45) is 5.73 Å². The van der Waals surface area contributed by atoms with Crippen molar-refractivity contribution in [1.82, 2.24) is 0 Å². The van der Waals surface area contributed by atoms with Crippen molar-refractivity contribution in [2.75, 3.05) is 11.9 Å². The molecule has 0 aliphatic rings. The Kier molecular flexibility index (Phi) is 5.09. The number of nitrogens with zero attached hydrogens (tertiary/aromatic N) is 1. The molecule has 0 aromatic heterocycles. The third-order valence-corrected chi connectivity index (χ3v) is 3.87. The van der Waals surface area contributed by atoms with Gasteiger partial charge in [0, 0.05) is 22.8 Å². The summed E-state index contributed by atoms with van der Waals surface area (Å²) in [6, 6.07) is 15.1. The molecule has 0 fully saturated rings. The minimum atomic E-state index is 0.00758. The molecule has 5 heteroatoms. The van der Waals surface area contributed by atoms with Crippen LogP contribution in [0.4, 0.5) is 5.69 Å². The Balaban J connectivity index is 2.15. The molecule has 2 aromatic rings. The summed E-state index contributed by atoms with van der Waals surface area (Å²) in [6.45, 7) is 0. The van der Waals surface area contributed by atoms with Crippen LogP contribution in [0.3, 0.4) is 0 Å². The molecular formula is C16H15BrN2OS. The standard InChI is InChI=1S/C16H15BrN2OS/c1-19(14-7-3-5-12(10-14)16(18)21)15(20)9-11-4-2-6-13(17)8-11/h2-8,10H,9H2,1H3,(H2,18,21). The van der Waals surface area contributed by atoms with E-state index in [-0.39, 0.29) is 5.91 Å². The number of amides is 1. The van der Waals surface area contributed by atoms with Crippen LogP contribution in [0, 0.1) is 0 Å². The molecule has 3 nitrogen and oxygen atoms in total. The SMILES string of the molecule is CN(C(=O)Cc1cccc(Br)c1)c1cccc(C(N)=S)c1. The van der Waals surface area contributed by atoms with Gasteiger partial charge in [0.25, 0.3) is 0 Å². The Labute approximate surface area is 137 Å². The van der Waals surface area contributed by atoms with Crippen LogP contribution in [0.25, 0.3) is 0 Å². The minimum absolute atomic E-state index is 0.00758. The molecule has 0 radical (unpaired) electrons. The Morgan fingerprint density at radius 2 is 1.95 bits per heavy atom. The Morgan fingerprint density at radius 1 is 1.24 bits per heavy atom. The summed E-state index contributed by atoms with van der Waals surface area (Å²) in [7, 11) is 1.75. The van der Waals surface area contributed by atoms with Crippen LogP contribution in [0.1, 0.15) is 11.1 Å². The van der Waals surface area contributed by atoms with Crippen molar-refractivity contribution in [3.05, 3.63) is 64.1 Å². The van der Waals surface area contributed by atoms with Crippen LogP contribution < -0.4 is 10.6 Å². The molecular weight excluding hydrogens is 348 g/mol. The highest BCUT2D eigenvalue weighted by molar-refractivity contribution is 9.10. The zero-order valence-corrected chi connectivity index (χ0v) is 13.9. The van der Waals surface area contributed by atoms with Gasteiger partial charge < -0.3 is 10.6 Å². The van der Waals surface area contributed by atoms with Crippen molar-refractivity contribution in [2.45, 2.75) is 6.42 Å². The number of rotatable bonds is 4. The third kappa shape index (κ3) is 4.12. The lowest BCUT2D eigenvalue weighted by Crippen LogP contribution is -2.28. The summed E-state index contributed by atoms with van der Waals surface area (Å²) < 4.78 is 0.964. The second kappa shape index (κ2) is 6.83. The first kappa shape index (κ1) is 15.7. The van der Waals surface area contributed by atoms with Gasteiger partial charge in [-0.3, -0.25) is 4.79 Å². The number of carbonyl (C=O) groups excluding carboxylic acids is 1. The van der Waals surface area contributed by atoms with Gasteiger partial charge in [-0.15, -0.1) is 0 Å². The molecule has 2 N–H and O–H groups in total. The van der Waals surface area contributed by atoms with Gasteiger partial charge in [-0.2, -0.15) is 0 Å². The molecule has 2 rings (SSSR count). The zero-order chi connectivity index (χ0) is 15.4. The van der Waals surface area contributed by atoms with Crippen LogP contribution in [0.5, 0.6) is 0 Å². The van der Waals surface area contributed by atoms with Crippen molar-refractivity contribution < 1.29 is 4.79 Å². The summed E-state index contributed by atoms with van der Waals surface area (Å²) in [6.07, 6.45) is 0.341. The van der Waals surface area contributed by atoms with Gasteiger partial charge in [-0.1, -0.05) is 52.4 Å². The predicted molar refractivity (Wildman–Crippen MR) is 93.6 cm³/mol. The molecule has 0 unspecified atom stereocenters. The van der Waals surface area contributed by atoms with E-state index in [2.05, 4.69) is 15.9 Å². The molecule has 0 atom stereocenters. The highest BCUT2D eigenvalue weighted by Crippen LogP contribution is 2.17. The van der Waals surface area contributed by atoms with E-state index in [1.807, 2.05) is 48.5 Å². The average Bonchev–Trinajstić information content (AvgIpc) is 2.46. The summed E-state index contributed by atoms with van der Waals surface area (Å²) >= 11 is 8.37.